The highest BCUT2D eigenvalue weighted by Gasteiger charge is 2.20. The molecule has 0 fully saturated rings. The molecule has 0 saturated carbocycles. The second-order valence-corrected chi connectivity index (χ2v) is 8.52. The van der Waals surface area contributed by atoms with Crippen molar-refractivity contribution in [2.24, 2.45) is 5.10 Å². The van der Waals surface area contributed by atoms with Crippen LogP contribution >= 0.6 is 31.9 Å². The second-order valence-electron chi connectivity index (χ2n) is 6.69. The number of ether oxygens (including phenoxy) is 1. The predicted octanol–water partition coefficient (Wildman–Crippen LogP) is 5.45. The number of rotatable bonds is 8. The van der Waals surface area contributed by atoms with Crippen LogP contribution in [0.15, 0.2) is 49.2 Å². The lowest BCUT2D eigenvalue weighted by Gasteiger charge is -2.11. The zero-order valence-electron chi connectivity index (χ0n) is 17.0. The van der Waals surface area contributed by atoms with Gasteiger partial charge in [0.25, 0.3) is 5.56 Å². The molecule has 0 bridgehead atoms. The Bertz CT molecular complexity index is 1220. The Morgan fingerprint density at radius 2 is 2.00 bits per heavy atom. The molecule has 1 heterocycles. The van der Waals surface area contributed by atoms with E-state index in [1.54, 1.807) is 25.1 Å². The molecule has 31 heavy (non-hydrogen) atoms. The van der Waals surface area contributed by atoms with Gasteiger partial charge in [-0.3, -0.25) is 14.9 Å². The second kappa shape index (κ2) is 10.1. The highest BCUT2D eigenvalue weighted by Crippen LogP contribution is 2.34. The summed E-state index contributed by atoms with van der Waals surface area (Å²) >= 11 is 6.67. The number of fused-ring (bicyclic) bond motifs is 1. The van der Waals surface area contributed by atoms with Crippen molar-refractivity contribution in [3.63, 3.8) is 0 Å². The quantitative estimate of drug-likeness (QED) is 0.210. The first-order valence-corrected chi connectivity index (χ1v) is 11.3. The maximum atomic E-state index is 13.2. The van der Waals surface area contributed by atoms with Crippen molar-refractivity contribution in [2.75, 3.05) is 6.61 Å². The molecule has 3 rings (SSSR count). The number of aryl methyl sites for hydroxylation is 1. The molecule has 0 amide bonds. The molecule has 0 radical (unpaired) electrons. The maximum Gasteiger partial charge on any atom is 0.312 e. The molecular weight excluding hydrogens is 532 g/mol. The first kappa shape index (κ1) is 23.1. The van der Waals surface area contributed by atoms with E-state index in [0.717, 1.165) is 17.3 Å². The van der Waals surface area contributed by atoms with Crippen LogP contribution in [0.25, 0.3) is 10.9 Å². The van der Waals surface area contributed by atoms with Gasteiger partial charge in [-0.05, 0) is 37.6 Å². The lowest BCUT2D eigenvalue weighted by molar-refractivity contribution is -0.385. The first-order valence-electron chi connectivity index (χ1n) is 9.72. The molecule has 3 aromatic rings. The van der Waals surface area contributed by atoms with Crippen molar-refractivity contribution in [3.05, 3.63) is 71.1 Å². The molecule has 0 atom stereocenters. The van der Waals surface area contributed by atoms with Crippen molar-refractivity contribution < 1.29 is 9.66 Å². The monoisotopic (exact) mass is 550 g/mol. The van der Waals surface area contributed by atoms with Gasteiger partial charge in [-0.2, -0.15) is 9.78 Å². The van der Waals surface area contributed by atoms with Gasteiger partial charge >= 0.3 is 5.69 Å². The Hall–Kier alpha value is -2.59. The topological polar surface area (TPSA) is 99.6 Å². The van der Waals surface area contributed by atoms with E-state index in [2.05, 4.69) is 48.9 Å². The molecule has 0 saturated heterocycles. The fourth-order valence-electron chi connectivity index (χ4n) is 3.06. The van der Waals surface area contributed by atoms with Crippen LogP contribution in [0.3, 0.4) is 0 Å². The van der Waals surface area contributed by atoms with Crippen molar-refractivity contribution in [3.8, 4) is 5.75 Å². The van der Waals surface area contributed by atoms with Crippen LogP contribution < -0.4 is 10.3 Å². The van der Waals surface area contributed by atoms with Gasteiger partial charge in [0.15, 0.2) is 0 Å². The molecule has 1 aromatic heterocycles. The maximum absolute atomic E-state index is 13.2. The van der Waals surface area contributed by atoms with Gasteiger partial charge in [0, 0.05) is 27.0 Å². The minimum atomic E-state index is -0.513. The number of hydrogen-bond donors (Lipinski definition) is 0. The Morgan fingerprint density at radius 3 is 2.68 bits per heavy atom. The zero-order valence-corrected chi connectivity index (χ0v) is 20.1. The third-order valence-corrected chi connectivity index (χ3v) is 5.44. The van der Waals surface area contributed by atoms with Crippen molar-refractivity contribution in [1.29, 1.82) is 0 Å². The lowest BCUT2D eigenvalue weighted by atomic mass is 10.2. The van der Waals surface area contributed by atoms with Crippen molar-refractivity contribution in [2.45, 2.75) is 33.1 Å². The van der Waals surface area contributed by atoms with Crippen LogP contribution in [0.2, 0.25) is 0 Å². The van der Waals surface area contributed by atoms with E-state index in [4.69, 9.17) is 4.74 Å². The minimum Gasteiger partial charge on any atom is -0.487 e. The fraction of sp³-hybridized carbons (Fsp3) is 0.286. The Labute approximate surface area is 195 Å². The van der Waals surface area contributed by atoms with Gasteiger partial charge in [0.1, 0.15) is 5.82 Å². The molecular formula is C21H20Br2N4O4. The van der Waals surface area contributed by atoms with Gasteiger partial charge in [0.2, 0.25) is 5.75 Å². The van der Waals surface area contributed by atoms with Gasteiger partial charge in [-0.1, -0.05) is 45.2 Å². The average Bonchev–Trinajstić information content (AvgIpc) is 2.73. The highest BCUT2D eigenvalue weighted by atomic mass is 79.9. The van der Waals surface area contributed by atoms with E-state index < -0.39 is 4.92 Å². The predicted molar refractivity (Wildman–Crippen MR) is 127 cm³/mol. The van der Waals surface area contributed by atoms with Crippen molar-refractivity contribution in [1.82, 2.24) is 9.66 Å². The summed E-state index contributed by atoms with van der Waals surface area (Å²) in [5, 5.41) is 16.3. The normalized spacial score (nSPS) is 11.4. The summed E-state index contributed by atoms with van der Waals surface area (Å²) in [5.41, 5.74) is 0.484. The van der Waals surface area contributed by atoms with Gasteiger partial charge < -0.3 is 4.74 Å². The SMILES string of the molecule is CCCCc1nc2ccc(Br)cc2c(=O)n1N=Cc1cc(Br)cc([N+](=O)[O-])c1OCC. The molecule has 0 N–H and O–H groups in total. The fourth-order valence-corrected chi connectivity index (χ4v) is 3.89. The van der Waals surface area contributed by atoms with E-state index in [9.17, 15) is 14.9 Å². The summed E-state index contributed by atoms with van der Waals surface area (Å²) in [5.74, 6) is 0.625. The smallest absolute Gasteiger partial charge is 0.312 e. The molecule has 162 valence electrons. The van der Waals surface area contributed by atoms with Gasteiger partial charge in [0.05, 0.1) is 28.6 Å². The molecule has 0 spiro atoms. The van der Waals surface area contributed by atoms with E-state index >= 15 is 0 Å². The molecule has 10 heteroatoms. The number of nitrogens with zero attached hydrogens (tertiary/aromatic N) is 4. The molecule has 8 nitrogen and oxygen atoms in total. The highest BCUT2D eigenvalue weighted by molar-refractivity contribution is 9.10. The van der Waals surface area contributed by atoms with E-state index in [0.29, 0.717) is 33.2 Å². The number of aromatic nitrogens is 2. The summed E-state index contributed by atoms with van der Waals surface area (Å²) in [6.07, 6.45) is 3.75. The summed E-state index contributed by atoms with van der Waals surface area (Å²) in [7, 11) is 0. The van der Waals surface area contributed by atoms with Crippen molar-refractivity contribution >= 4 is 54.7 Å². The van der Waals surface area contributed by atoms with Crippen LogP contribution in [0.5, 0.6) is 5.75 Å². The van der Waals surface area contributed by atoms with Crippen LogP contribution in [0, 0.1) is 10.1 Å². The van der Waals surface area contributed by atoms with E-state index in [1.807, 2.05) is 6.07 Å². The molecule has 0 aliphatic carbocycles. The largest absolute Gasteiger partial charge is 0.487 e. The number of unbranched alkanes of at least 4 members (excludes halogenated alkanes) is 1. The Balaban J connectivity index is 2.19. The summed E-state index contributed by atoms with van der Waals surface area (Å²) < 4.78 is 8.04. The number of halogens is 2. The molecule has 0 aliphatic rings. The zero-order chi connectivity index (χ0) is 22.5. The lowest BCUT2D eigenvalue weighted by Crippen LogP contribution is -2.22. The number of nitro benzene ring substituents is 1. The first-order chi connectivity index (χ1) is 14.8. The summed E-state index contributed by atoms with van der Waals surface area (Å²) in [4.78, 5) is 28.8. The Kier molecular flexibility index (Phi) is 7.55. The summed E-state index contributed by atoms with van der Waals surface area (Å²) in [6.45, 7) is 4.04. The average molecular weight is 552 g/mol. The minimum absolute atomic E-state index is 0.0964. The number of benzene rings is 2. The third-order valence-electron chi connectivity index (χ3n) is 4.49. The molecule has 2 aromatic carbocycles. The van der Waals surface area contributed by atoms with E-state index in [-0.39, 0.29) is 23.6 Å². The van der Waals surface area contributed by atoms with Crippen LogP contribution in [-0.4, -0.2) is 27.4 Å². The Morgan fingerprint density at radius 1 is 1.23 bits per heavy atom. The number of hydrogen-bond acceptors (Lipinski definition) is 6. The standard InChI is InChI=1S/C21H20Br2N4O4/c1-3-5-6-19-25-17-8-7-14(22)10-16(17)21(28)26(19)24-12-13-9-15(23)11-18(27(29)30)20(13)31-4-2/h7-12H,3-6H2,1-2H3. The molecule has 0 unspecified atom stereocenters. The number of nitro groups is 1. The van der Waals surface area contributed by atoms with Crippen LogP contribution in [0.4, 0.5) is 5.69 Å². The van der Waals surface area contributed by atoms with Crippen LogP contribution in [-0.2, 0) is 6.42 Å². The third kappa shape index (κ3) is 5.19. The summed E-state index contributed by atoms with van der Waals surface area (Å²) in [6, 6.07) is 8.35. The van der Waals surface area contributed by atoms with E-state index in [1.165, 1.54) is 17.0 Å². The van der Waals surface area contributed by atoms with Crippen LogP contribution in [0.1, 0.15) is 38.1 Å². The van der Waals surface area contributed by atoms with Gasteiger partial charge in [-0.15, -0.1) is 0 Å². The van der Waals surface area contributed by atoms with Gasteiger partial charge in [-0.25, -0.2) is 4.98 Å². The molecule has 0 aliphatic heterocycles.